The van der Waals surface area contributed by atoms with Crippen LogP contribution in [-0.2, 0) is 9.84 Å². The SMILES string of the molecule is CS(=O)(=O)CCCNCC1(O)CCCCCC1. The molecule has 2 N–H and O–H groups in total. The highest BCUT2D eigenvalue weighted by molar-refractivity contribution is 7.90. The molecule has 0 spiro atoms. The first kappa shape index (κ1) is 14.9. The molecule has 0 aromatic rings. The van der Waals surface area contributed by atoms with Crippen molar-refractivity contribution in [3.05, 3.63) is 0 Å². The van der Waals surface area contributed by atoms with Gasteiger partial charge in [-0.1, -0.05) is 25.7 Å². The van der Waals surface area contributed by atoms with Crippen LogP contribution in [0, 0.1) is 0 Å². The monoisotopic (exact) mass is 263 g/mol. The molecule has 1 fully saturated rings. The van der Waals surface area contributed by atoms with Gasteiger partial charge in [-0.05, 0) is 25.8 Å². The summed E-state index contributed by atoms with van der Waals surface area (Å²) in [6, 6.07) is 0. The van der Waals surface area contributed by atoms with E-state index in [0.717, 1.165) is 25.7 Å². The van der Waals surface area contributed by atoms with E-state index in [0.29, 0.717) is 19.5 Å². The summed E-state index contributed by atoms with van der Waals surface area (Å²) in [7, 11) is -2.85. The van der Waals surface area contributed by atoms with Crippen molar-refractivity contribution in [2.75, 3.05) is 25.1 Å². The Balaban J connectivity index is 2.16. The topological polar surface area (TPSA) is 66.4 Å². The van der Waals surface area contributed by atoms with E-state index >= 15 is 0 Å². The first-order valence-corrected chi connectivity index (χ1v) is 8.58. The van der Waals surface area contributed by atoms with E-state index in [9.17, 15) is 13.5 Å². The van der Waals surface area contributed by atoms with E-state index < -0.39 is 15.4 Å². The molecular weight excluding hydrogens is 238 g/mol. The zero-order valence-electron chi connectivity index (χ0n) is 10.7. The Morgan fingerprint density at radius 3 is 2.29 bits per heavy atom. The van der Waals surface area contributed by atoms with Crippen molar-refractivity contribution in [2.24, 2.45) is 0 Å². The van der Waals surface area contributed by atoms with Gasteiger partial charge in [0.15, 0.2) is 0 Å². The summed E-state index contributed by atoms with van der Waals surface area (Å²) >= 11 is 0. The average Bonchev–Trinajstić information content (AvgIpc) is 2.41. The van der Waals surface area contributed by atoms with Crippen molar-refractivity contribution >= 4 is 9.84 Å². The number of hydrogen-bond acceptors (Lipinski definition) is 4. The Hall–Kier alpha value is -0.130. The Labute approximate surface area is 105 Å². The zero-order chi connectivity index (χ0) is 12.8. The molecule has 102 valence electrons. The van der Waals surface area contributed by atoms with Gasteiger partial charge in [0.1, 0.15) is 9.84 Å². The standard InChI is InChI=1S/C12H25NO3S/c1-17(15,16)10-6-9-13-11-12(14)7-4-2-3-5-8-12/h13-14H,2-11H2,1H3. The van der Waals surface area contributed by atoms with E-state index in [1.807, 2.05) is 0 Å². The fourth-order valence-corrected chi connectivity index (χ4v) is 3.01. The van der Waals surface area contributed by atoms with Crippen LogP contribution in [0.1, 0.15) is 44.9 Å². The summed E-state index contributed by atoms with van der Waals surface area (Å²) < 4.78 is 21.9. The largest absolute Gasteiger partial charge is 0.389 e. The number of sulfone groups is 1. The third kappa shape index (κ3) is 7.01. The van der Waals surface area contributed by atoms with Crippen LogP contribution < -0.4 is 5.32 Å². The first-order chi connectivity index (χ1) is 7.91. The van der Waals surface area contributed by atoms with E-state index in [4.69, 9.17) is 0 Å². The van der Waals surface area contributed by atoms with Crippen LogP contribution >= 0.6 is 0 Å². The Morgan fingerprint density at radius 1 is 1.18 bits per heavy atom. The quantitative estimate of drug-likeness (QED) is 0.556. The summed E-state index contributed by atoms with van der Waals surface area (Å²) in [5.41, 5.74) is -0.568. The van der Waals surface area contributed by atoms with Crippen molar-refractivity contribution in [1.82, 2.24) is 5.32 Å². The van der Waals surface area contributed by atoms with Crippen LogP contribution in [-0.4, -0.2) is 44.2 Å². The highest BCUT2D eigenvalue weighted by Crippen LogP contribution is 2.26. The molecule has 0 amide bonds. The summed E-state index contributed by atoms with van der Waals surface area (Å²) in [5, 5.41) is 13.5. The second kappa shape index (κ2) is 6.71. The number of hydrogen-bond donors (Lipinski definition) is 2. The van der Waals surface area contributed by atoms with Crippen molar-refractivity contribution in [3.8, 4) is 0 Å². The van der Waals surface area contributed by atoms with Crippen molar-refractivity contribution in [1.29, 1.82) is 0 Å². The molecule has 0 unspecified atom stereocenters. The number of nitrogens with one attached hydrogen (secondary N) is 1. The van der Waals surface area contributed by atoms with Crippen molar-refractivity contribution < 1.29 is 13.5 Å². The molecule has 1 aliphatic rings. The molecule has 17 heavy (non-hydrogen) atoms. The third-order valence-corrected chi connectivity index (χ3v) is 4.39. The minimum atomic E-state index is -2.85. The Kier molecular flexibility index (Phi) is 5.89. The van der Waals surface area contributed by atoms with Gasteiger partial charge < -0.3 is 10.4 Å². The second-order valence-electron chi connectivity index (χ2n) is 5.30. The lowest BCUT2D eigenvalue weighted by Crippen LogP contribution is -2.40. The Morgan fingerprint density at radius 2 is 1.76 bits per heavy atom. The maximum atomic E-state index is 10.9. The molecule has 0 radical (unpaired) electrons. The normalized spacial score (nSPS) is 21.1. The number of aliphatic hydroxyl groups is 1. The summed E-state index contributed by atoms with van der Waals surface area (Å²) in [6.45, 7) is 1.26. The third-order valence-electron chi connectivity index (χ3n) is 3.36. The van der Waals surface area contributed by atoms with Gasteiger partial charge in [-0.25, -0.2) is 8.42 Å². The predicted octanol–water partition coefficient (Wildman–Crippen LogP) is 1.10. The molecule has 1 saturated carbocycles. The van der Waals surface area contributed by atoms with E-state index in [1.165, 1.54) is 19.1 Å². The molecule has 5 heteroatoms. The van der Waals surface area contributed by atoms with Crippen LogP contribution in [0.25, 0.3) is 0 Å². The lowest BCUT2D eigenvalue weighted by Gasteiger charge is -2.26. The van der Waals surface area contributed by atoms with Crippen LogP contribution in [0.3, 0.4) is 0 Å². The van der Waals surface area contributed by atoms with Crippen LogP contribution in [0.4, 0.5) is 0 Å². The fourth-order valence-electron chi connectivity index (χ4n) is 2.34. The molecule has 0 atom stereocenters. The smallest absolute Gasteiger partial charge is 0.147 e. The molecule has 1 rings (SSSR count). The Bertz CT molecular complexity index is 306. The fraction of sp³-hybridized carbons (Fsp3) is 1.00. The molecular formula is C12H25NO3S. The lowest BCUT2D eigenvalue weighted by molar-refractivity contribution is 0.0255. The maximum Gasteiger partial charge on any atom is 0.147 e. The zero-order valence-corrected chi connectivity index (χ0v) is 11.6. The highest BCUT2D eigenvalue weighted by Gasteiger charge is 2.27. The van der Waals surface area contributed by atoms with Gasteiger partial charge in [0.2, 0.25) is 0 Å². The second-order valence-corrected chi connectivity index (χ2v) is 7.56. The van der Waals surface area contributed by atoms with Gasteiger partial charge in [-0.3, -0.25) is 0 Å². The predicted molar refractivity (Wildman–Crippen MR) is 69.8 cm³/mol. The van der Waals surface area contributed by atoms with Crippen molar-refractivity contribution in [2.45, 2.75) is 50.5 Å². The van der Waals surface area contributed by atoms with Gasteiger partial charge in [-0.15, -0.1) is 0 Å². The average molecular weight is 263 g/mol. The molecule has 1 aliphatic carbocycles. The molecule has 0 saturated heterocycles. The molecule has 4 nitrogen and oxygen atoms in total. The van der Waals surface area contributed by atoms with Crippen LogP contribution in [0.5, 0.6) is 0 Å². The molecule has 0 aliphatic heterocycles. The van der Waals surface area contributed by atoms with E-state index in [1.54, 1.807) is 0 Å². The minimum Gasteiger partial charge on any atom is -0.389 e. The van der Waals surface area contributed by atoms with Gasteiger partial charge in [0.05, 0.1) is 11.4 Å². The molecule has 0 heterocycles. The van der Waals surface area contributed by atoms with Crippen LogP contribution in [0.2, 0.25) is 0 Å². The van der Waals surface area contributed by atoms with Crippen LogP contribution in [0.15, 0.2) is 0 Å². The van der Waals surface area contributed by atoms with Gasteiger partial charge in [0.25, 0.3) is 0 Å². The highest BCUT2D eigenvalue weighted by atomic mass is 32.2. The van der Waals surface area contributed by atoms with Gasteiger partial charge >= 0.3 is 0 Å². The molecule has 0 aromatic heterocycles. The lowest BCUT2D eigenvalue weighted by atomic mass is 9.94. The summed E-state index contributed by atoms with van der Waals surface area (Å²) in [6.07, 6.45) is 8.24. The molecule has 0 bridgehead atoms. The minimum absolute atomic E-state index is 0.221. The summed E-state index contributed by atoms with van der Waals surface area (Å²) in [5.74, 6) is 0.221. The maximum absolute atomic E-state index is 10.9. The van der Waals surface area contributed by atoms with E-state index in [2.05, 4.69) is 5.32 Å². The van der Waals surface area contributed by atoms with Gasteiger partial charge in [0, 0.05) is 12.8 Å². The van der Waals surface area contributed by atoms with Crippen molar-refractivity contribution in [3.63, 3.8) is 0 Å². The molecule has 0 aromatic carbocycles. The summed E-state index contributed by atoms with van der Waals surface area (Å²) in [4.78, 5) is 0. The van der Waals surface area contributed by atoms with Gasteiger partial charge in [-0.2, -0.15) is 0 Å². The number of rotatable bonds is 6. The first-order valence-electron chi connectivity index (χ1n) is 6.52. The van der Waals surface area contributed by atoms with E-state index in [-0.39, 0.29) is 5.75 Å².